The number of hydrogen-bond acceptors (Lipinski definition) is 5. The van der Waals surface area contributed by atoms with E-state index in [9.17, 15) is 24.5 Å². The molecular weight excluding hydrogens is 278 g/mol. The Morgan fingerprint density at radius 2 is 2.00 bits per heavy atom. The molecule has 0 radical (unpaired) electrons. The molecule has 1 aromatic rings. The smallest absolute Gasteiger partial charge is 0.270 e. The first kappa shape index (κ1) is 14.6. The van der Waals surface area contributed by atoms with Crippen molar-refractivity contribution in [2.75, 3.05) is 26.7 Å². The van der Waals surface area contributed by atoms with Gasteiger partial charge in [0.2, 0.25) is 11.8 Å². The first-order chi connectivity index (χ1) is 9.88. The molecule has 1 aromatic carbocycles. The third-order valence-electron chi connectivity index (χ3n) is 3.19. The Kier molecular flexibility index (Phi) is 3.97. The quantitative estimate of drug-likeness (QED) is 0.444. The van der Waals surface area contributed by atoms with Crippen molar-refractivity contribution in [1.29, 1.82) is 0 Å². The Balaban J connectivity index is 2.11. The SMILES string of the molecule is CN1CC(=O)N(CC(=O)c2cccc([N+](=O)[O-])c2)CC1=O. The predicted molar refractivity (Wildman–Crippen MR) is 71.6 cm³/mol. The summed E-state index contributed by atoms with van der Waals surface area (Å²) in [5, 5.41) is 10.7. The number of Topliss-reactive ketones (excluding diaryl/α,β-unsaturated/α-hetero) is 1. The highest BCUT2D eigenvalue weighted by Gasteiger charge is 2.29. The zero-order chi connectivity index (χ0) is 15.6. The Morgan fingerprint density at radius 1 is 1.29 bits per heavy atom. The lowest BCUT2D eigenvalue weighted by molar-refractivity contribution is -0.384. The lowest BCUT2D eigenvalue weighted by atomic mass is 10.1. The number of rotatable bonds is 4. The van der Waals surface area contributed by atoms with Gasteiger partial charge in [0.25, 0.3) is 5.69 Å². The number of likely N-dealkylation sites (N-methyl/N-ethyl adjacent to an activating group) is 1. The third-order valence-corrected chi connectivity index (χ3v) is 3.19. The molecule has 1 fully saturated rings. The minimum Gasteiger partial charge on any atom is -0.335 e. The molecule has 2 amide bonds. The van der Waals surface area contributed by atoms with Crippen molar-refractivity contribution in [3.63, 3.8) is 0 Å². The minimum atomic E-state index is -0.596. The van der Waals surface area contributed by atoms with Crippen molar-refractivity contribution in [3.8, 4) is 0 Å². The number of nitro groups is 1. The second-order valence-corrected chi connectivity index (χ2v) is 4.73. The molecule has 0 unspecified atom stereocenters. The number of hydrogen-bond donors (Lipinski definition) is 0. The van der Waals surface area contributed by atoms with Gasteiger partial charge in [-0.15, -0.1) is 0 Å². The van der Waals surface area contributed by atoms with Crippen LogP contribution in [0, 0.1) is 10.1 Å². The van der Waals surface area contributed by atoms with Crippen LogP contribution in [0.25, 0.3) is 0 Å². The van der Waals surface area contributed by atoms with Crippen LogP contribution < -0.4 is 0 Å². The number of benzene rings is 1. The van der Waals surface area contributed by atoms with Crippen molar-refractivity contribution in [2.45, 2.75) is 0 Å². The van der Waals surface area contributed by atoms with E-state index >= 15 is 0 Å². The highest BCUT2D eigenvalue weighted by atomic mass is 16.6. The van der Waals surface area contributed by atoms with E-state index in [0.717, 1.165) is 11.0 Å². The molecule has 8 nitrogen and oxygen atoms in total. The average Bonchev–Trinajstić information content (AvgIpc) is 2.44. The maximum Gasteiger partial charge on any atom is 0.270 e. The second-order valence-electron chi connectivity index (χ2n) is 4.73. The molecule has 0 aliphatic carbocycles. The molecule has 0 N–H and O–H groups in total. The predicted octanol–water partition coefficient (Wildman–Crippen LogP) is 0.0781. The molecule has 0 spiro atoms. The van der Waals surface area contributed by atoms with Gasteiger partial charge in [0.1, 0.15) is 6.54 Å². The zero-order valence-electron chi connectivity index (χ0n) is 11.3. The van der Waals surface area contributed by atoms with E-state index in [4.69, 9.17) is 0 Å². The van der Waals surface area contributed by atoms with Crippen LogP contribution in [0.5, 0.6) is 0 Å². The van der Waals surface area contributed by atoms with Crippen molar-refractivity contribution >= 4 is 23.3 Å². The van der Waals surface area contributed by atoms with E-state index in [-0.39, 0.29) is 42.7 Å². The monoisotopic (exact) mass is 291 g/mol. The zero-order valence-corrected chi connectivity index (χ0v) is 11.3. The first-order valence-electron chi connectivity index (χ1n) is 6.18. The Hall–Kier alpha value is -2.77. The van der Waals surface area contributed by atoms with Crippen molar-refractivity contribution < 1.29 is 19.3 Å². The number of ketones is 1. The second kappa shape index (κ2) is 5.70. The molecule has 1 heterocycles. The Labute approximate surface area is 120 Å². The van der Waals surface area contributed by atoms with Crippen LogP contribution >= 0.6 is 0 Å². The number of carbonyl (C=O) groups excluding carboxylic acids is 3. The normalized spacial score (nSPS) is 15.3. The molecular formula is C13H13N3O5. The topological polar surface area (TPSA) is 101 Å². The molecule has 1 aliphatic rings. The van der Waals surface area contributed by atoms with Crippen molar-refractivity contribution in [2.24, 2.45) is 0 Å². The van der Waals surface area contributed by atoms with E-state index in [1.54, 1.807) is 0 Å². The van der Waals surface area contributed by atoms with Crippen LogP contribution in [0.3, 0.4) is 0 Å². The summed E-state index contributed by atoms with van der Waals surface area (Å²) in [6, 6.07) is 5.28. The van der Waals surface area contributed by atoms with Gasteiger partial charge in [-0.25, -0.2) is 0 Å². The standard InChI is InChI=1S/C13H13N3O5/c1-14-7-13(19)15(8-12(14)18)6-11(17)9-3-2-4-10(5-9)16(20)21/h2-5H,6-8H2,1H3. The highest BCUT2D eigenvalue weighted by molar-refractivity contribution is 6.01. The lowest BCUT2D eigenvalue weighted by Gasteiger charge is -2.31. The van der Waals surface area contributed by atoms with Crippen molar-refractivity contribution in [3.05, 3.63) is 39.9 Å². The lowest BCUT2D eigenvalue weighted by Crippen LogP contribution is -2.53. The van der Waals surface area contributed by atoms with Gasteiger partial charge in [0.05, 0.1) is 18.0 Å². The molecule has 2 rings (SSSR count). The van der Waals surface area contributed by atoms with Crippen LogP contribution in [0.2, 0.25) is 0 Å². The van der Waals surface area contributed by atoms with Gasteiger partial charge in [-0.3, -0.25) is 24.5 Å². The molecule has 1 saturated heterocycles. The summed E-state index contributed by atoms with van der Waals surface area (Å²) in [6.45, 7) is -0.489. The Morgan fingerprint density at radius 3 is 2.67 bits per heavy atom. The number of amides is 2. The van der Waals surface area contributed by atoms with Crippen LogP contribution in [0.1, 0.15) is 10.4 Å². The maximum absolute atomic E-state index is 12.1. The summed E-state index contributed by atoms with van der Waals surface area (Å²) in [6.07, 6.45) is 0. The van der Waals surface area contributed by atoms with E-state index in [1.165, 1.54) is 30.1 Å². The fourth-order valence-corrected chi connectivity index (χ4v) is 1.96. The van der Waals surface area contributed by atoms with Gasteiger partial charge >= 0.3 is 0 Å². The van der Waals surface area contributed by atoms with Gasteiger partial charge < -0.3 is 9.80 Å². The van der Waals surface area contributed by atoms with Gasteiger partial charge in [0.15, 0.2) is 5.78 Å². The van der Waals surface area contributed by atoms with E-state index in [1.807, 2.05) is 0 Å². The van der Waals surface area contributed by atoms with Crippen LogP contribution in [-0.2, 0) is 9.59 Å². The van der Waals surface area contributed by atoms with Gasteiger partial charge in [0, 0.05) is 24.7 Å². The molecule has 0 atom stereocenters. The van der Waals surface area contributed by atoms with E-state index in [2.05, 4.69) is 0 Å². The van der Waals surface area contributed by atoms with Crippen LogP contribution in [0.15, 0.2) is 24.3 Å². The summed E-state index contributed by atoms with van der Waals surface area (Å²) >= 11 is 0. The summed E-state index contributed by atoms with van der Waals surface area (Å²) < 4.78 is 0. The van der Waals surface area contributed by atoms with Gasteiger partial charge in [-0.2, -0.15) is 0 Å². The van der Waals surface area contributed by atoms with Crippen LogP contribution in [-0.4, -0.2) is 59.0 Å². The number of piperazine rings is 1. The maximum atomic E-state index is 12.1. The molecule has 21 heavy (non-hydrogen) atoms. The minimum absolute atomic E-state index is 0.0684. The van der Waals surface area contributed by atoms with Crippen LogP contribution in [0.4, 0.5) is 5.69 Å². The Bertz CT molecular complexity index is 628. The summed E-state index contributed by atoms with van der Waals surface area (Å²) in [5.41, 5.74) is -0.0509. The fourth-order valence-electron chi connectivity index (χ4n) is 1.96. The molecule has 110 valence electrons. The molecule has 1 aliphatic heterocycles. The molecule has 8 heteroatoms. The molecule has 0 saturated carbocycles. The van der Waals surface area contributed by atoms with E-state index in [0.29, 0.717) is 0 Å². The largest absolute Gasteiger partial charge is 0.335 e. The van der Waals surface area contributed by atoms with E-state index < -0.39 is 10.7 Å². The summed E-state index contributed by atoms with van der Waals surface area (Å²) in [7, 11) is 1.51. The fraction of sp³-hybridized carbons (Fsp3) is 0.308. The summed E-state index contributed by atoms with van der Waals surface area (Å²) in [4.78, 5) is 47.9. The van der Waals surface area contributed by atoms with Crippen molar-refractivity contribution in [1.82, 2.24) is 9.80 Å². The highest BCUT2D eigenvalue weighted by Crippen LogP contribution is 2.14. The number of non-ortho nitro benzene ring substituents is 1. The number of nitrogens with zero attached hydrogens (tertiary/aromatic N) is 3. The molecule has 0 aromatic heterocycles. The number of carbonyl (C=O) groups is 3. The molecule has 0 bridgehead atoms. The first-order valence-corrected chi connectivity index (χ1v) is 6.18. The number of nitro benzene ring substituents is 1. The average molecular weight is 291 g/mol. The summed E-state index contributed by atoms with van der Waals surface area (Å²) in [5.74, 6) is -1.01. The van der Waals surface area contributed by atoms with Gasteiger partial charge in [-0.1, -0.05) is 12.1 Å². The van der Waals surface area contributed by atoms with Gasteiger partial charge in [-0.05, 0) is 0 Å². The third kappa shape index (κ3) is 3.22.